The number of nitrogens with two attached hydrogens (primary N) is 1. The lowest BCUT2D eigenvalue weighted by molar-refractivity contribution is 0.318. The van der Waals surface area contributed by atoms with Crippen LogP contribution >= 0.6 is 0 Å². The van der Waals surface area contributed by atoms with E-state index in [0.29, 0.717) is 16.7 Å². The lowest BCUT2D eigenvalue weighted by atomic mass is 10.2. The van der Waals surface area contributed by atoms with Gasteiger partial charge in [-0.25, -0.2) is 4.98 Å². The highest BCUT2D eigenvalue weighted by atomic mass is 16.4. The number of hydrogen-bond acceptors (Lipinski definition) is 4. The van der Waals surface area contributed by atoms with Gasteiger partial charge in [0, 0.05) is 5.56 Å². The van der Waals surface area contributed by atoms with Gasteiger partial charge in [0.2, 0.25) is 0 Å². The Labute approximate surface area is 73.5 Å². The zero-order valence-corrected chi connectivity index (χ0v) is 6.64. The van der Waals surface area contributed by atoms with Crippen molar-refractivity contribution in [1.82, 2.24) is 4.98 Å². The summed E-state index contributed by atoms with van der Waals surface area (Å²) in [5, 5.41) is 11.3. The summed E-state index contributed by atoms with van der Waals surface area (Å²) in [4.78, 5) is 3.94. The third-order valence-corrected chi connectivity index (χ3v) is 1.73. The average Bonchev–Trinajstić information content (AvgIpc) is 2.63. The summed E-state index contributed by atoms with van der Waals surface area (Å²) in [6.07, 6.45) is 1.35. The minimum absolute atomic E-state index is 0.0601. The molecule has 2 rings (SSSR count). The standard InChI is InChI=1S/C8H7N3O2/c9-8(11-12)5-1-2-7-6(3-5)10-4-13-7/h1-4,12H,(H2,9,11). The maximum Gasteiger partial charge on any atom is 0.181 e. The fraction of sp³-hybridized carbons (Fsp3) is 0. The Balaban J connectivity index is 2.60. The van der Waals surface area contributed by atoms with Crippen molar-refractivity contribution >= 4 is 16.9 Å². The number of rotatable bonds is 1. The van der Waals surface area contributed by atoms with E-state index in [1.54, 1.807) is 18.2 Å². The lowest BCUT2D eigenvalue weighted by Gasteiger charge is -1.96. The molecule has 0 aliphatic rings. The number of oxime groups is 1. The SMILES string of the molecule is N/C(=N/O)c1ccc2ocnc2c1. The molecule has 0 aliphatic heterocycles. The Bertz CT molecular complexity index is 461. The van der Waals surface area contributed by atoms with Gasteiger partial charge in [-0.1, -0.05) is 5.16 Å². The molecule has 0 radical (unpaired) electrons. The second kappa shape index (κ2) is 2.78. The van der Waals surface area contributed by atoms with Gasteiger partial charge in [-0.15, -0.1) is 0 Å². The van der Waals surface area contributed by atoms with Crippen LogP contribution in [0.15, 0.2) is 34.2 Å². The number of aromatic nitrogens is 1. The number of benzene rings is 1. The number of amidine groups is 1. The van der Waals surface area contributed by atoms with Crippen LogP contribution in [0, 0.1) is 0 Å². The molecule has 0 atom stereocenters. The van der Waals surface area contributed by atoms with Crippen molar-refractivity contribution in [3.8, 4) is 0 Å². The molecule has 1 aromatic carbocycles. The van der Waals surface area contributed by atoms with Crippen molar-refractivity contribution < 1.29 is 9.62 Å². The van der Waals surface area contributed by atoms with Gasteiger partial charge in [0.25, 0.3) is 0 Å². The first kappa shape index (κ1) is 7.60. The van der Waals surface area contributed by atoms with E-state index in [0.717, 1.165) is 0 Å². The second-order valence-electron chi connectivity index (χ2n) is 2.52. The van der Waals surface area contributed by atoms with Crippen LogP contribution in [0.5, 0.6) is 0 Å². The third-order valence-electron chi connectivity index (χ3n) is 1.73. The van der Waals surface area contributed by atoms with Crippen molar-refractivity contribution in [3.05, 3.63) is 30.2 Å². The summed E-state index contributed by atoms with van der Waals surface area (Å²) in [6, 6.07) is 5.10. The van der Waals surface area contributed by atoms with Gasteiger partial charge in [0.05, 0.1) is 0 Å². The normalized spacial score (nSPS) is 12.2. The molecule has 2 aromatic rings. The first-order valence-electron chi connectivity index (χ1n) is 3.62. The van der Waals surface area contributed by atoms with Gasteiger partial charge >= 0.3 is 0 Å². The topological polar surface area (TPSA) is 84.6 Å². The number of hydrogen-bond donors (Lipinski definition) is 2. The molecule has 0 saturated carbocycles. The summed E-state index contributed by atoms with van der Waals surface area (Å²) in [5.41, 5.74) is 7.37. The van der Waals surface area contributed by atoms with Crippen LogP contribution in [0.25, 0.3) is 11.1 Å². The summed E-state index contributed by atoms with van der Waals surface area (Å²) >= 11 is 0. The quantitative estimate of drug-likeness (QED) is 0.293. The van der Waals surface area contributed by atoms with Gasteiger partial charge in [-0.3, -0.25) is 0 Å². The summed E-state index contributed by atoms with van der Waals surface area (Å²) in [5.74, 6) is 0.0601. The van der Waals surface area contributed by atoms with E-state index in [1.807, 2.05) is 0 Å². The van der Waals surface area contributed by atoms with Gasteiger partial charge in [-0.2, -0.15) is 0 Å². The smallest absolute Gasteiger partial charge is 0.181 e. The van der Waals surface area contributed by atoms with Crippen molar-refractivity contribution in [2.24, 2.45) is 10.9 Å². The van der Waals surface area contributed by atoms with Crippen LogP contribution in [0.4, 0.5) is 0 Å². The van der Waals surface area contributed by atoms with E-state index >= 15 is 0 Å². The average molecular weight is 177 g/mol. The molecule has 66 valence electrons. The molecule has 0 fully saturated rings. The summed E-state index contributed by atoms with van der Waals surface area (Å²) in [7, 11) is 0. The molecular formula is C8H7N3O2. The minimum Gasteiger partial charge on any atom is -0.443 e. The van der Waals surface area contributed by atoms with E-state index < -0.39 is 0 Å². The molecular weight excluding hydrogens is 170 g/mol. The third kappa shape index (κ3) is 1.20. The van der Waals surface area contributed by atoms with Crippen molar-refractivity contribution in [3.63, 3.8) is 0 Å². The van der Waals surface area contributed by atoms with E-state index in [1.165, 1.54) is 6.39 Å². The molecule has 1 heterocycles. The summed E-state index contributed by atoms with van der Waals surface area (Å²) < 4.78 is 5.03. The van der Waals surface area contributed by atoms with E-state index in [2.05, 4.69) is 10.1 Å². The Kier molecular flexibility index (Phi) is 1.63. The molecule has 5 heteroatoms. The minimum atomic E-state index is 0.0601. The van der Waals surface area contributed by atoms with Crippen LogP contribution in [-0.4, -0.2) is 16.0 Å². The Morgan fingerprint density at radius 2 is 2.38 bits per heavy atom. The number of oxazole rings is 1. The van der Waals surface area contributed by atoms with Gasteiger partial charge in [0.1, 0.15) is 5.52 Å². The Hall–Kier alpha value is -2.04. The molecule has 0 saturated heterocycles. The predicted molar refractivity (Wildman–Crippen MR) is 46.5 cm³/mol. The fourth-order valence-electron chi connectivity index (χ4n) is 1.07. The lowest BCUT2D eigenvalue weighted by Crippen LogP contribution is -2.12. The summed E-state index contributed by atoms with van der Waals surface area (Å²) in [6.45, 7) is 0. The van der Waals surface area contributed by atoms with Gasteiger partial charge in [-0.05, 0) is 18.2 Å². The molecule has 0 bridgehead atoms. The molecule has 0 aliphatic carbocycles. The molecule has 13 heavy (non-hydrogen) atoms. The van der Waals surface area contributed by atoms with Crippen LogP contribution in [0.1, 0.15) is 5.56 Å². The highest BCUT2D eigenvalue weighted by Gasteiger charge is 2.02. The molecule has 5 nitrogen and oxygen atoms in total. The molecule has 0 amide bonds. The molecule has 1 aromatic heterocycles. The number of fused-ring (bicyclic) bond motifs is 1. The van der Waals surface area contributed by atoms with Crippen LogP contribution < -0.4 is 5.73 Å². The molecule has 0 spiro atoms. The maximum absolute atomic E-state index is 8.43. The Morgan fingerprint density at radius 3 is 3.15 bits per heavy atom. The van der Waals surface area contributed by atoms with Gasteiger partial charge < -0.3 is 15.4 Å². The monoisotopic (exact) mass is 177 g/mol. The van der Waals surface area contributed by atoms with Crippen LogP contribution in [0.3, 0.4) is 0 Å². The first-order chi connectivity index (χ1) is 6.31. The molecule has 3 N–H and O–H groups in total. The highest BCUT2D eigenvalue weighted by molar-refractivity contribution is 5.99. The van der Waals surface area contributed by atoms with Crippen molar-refractivity contribution in [2.45, 2.75) is 0 Å². The van der Waals surface area contributed by atoms with Crippen molar-refractivity contribution in [1.29, 1.82) is 0 Å². The first-order valence-corrected chi connectivity index (χ1v) is 3.62. The maximum atomic E-state index is 8.43. The van der Waals surface area contributed by atoms with E-state index in [4.69, 9.17) is 15.4 Å². The predicted octanol–water partition coefficient (Wildman–Crippen LogP) is 0.922. The van der Waals surface area contributed by atoms with Crippen LogP contribution in [-0.2, 0) is 0 Å². The number of nitrogens with zero attached hydrogens (tertiary/aromatic N) is 2. The fourth-order valence-corrected chi connectivity index (χ4v) is 1.07. The second-order valence-corrected chi connectivity index (χ2v) is 2.52. The van der Waals surface area contributed by atoms with E-state index in [-0.39, 0.29) is 5.84 Å². The van der Waals surface area contributed by atoms with E-state index in [9.17, 15) is 0 Å². The molecule has 0 unspecified atom stereocenters. The highest BCUT2D eigenvalue weighted by Crippen LogP contribution is 2.13. The van der Waals surface area contributed by atoms with Gasteiger partial charge in [0.15, 0.2) is 17.8 Å². The zero-order chi connectivity index (χ0) is 9.26. The Morgan fingerprint density at radius 1 is 1.54 bits per heavy atom. The zero-order valence-electron chi connectivity index (χ0n) is 6.64. The van der Waals surface area contributed by atoms with Crippen LogP contribution in [0.2, 0.25) is 0 Å². The largest absolute Gasteiger partial charge is 0.443 e. The van der Waals surface area contributed by atoms with Crippen molar-refractivity contribution in [2.75, 3.05) is 0 Å².